The molecule has 0 unspecified atom stereocenters. The van der Waals surface area contributed by atoms with Gasteiger partial charge in [-0.2, -0.15) is 13.5 Å². The van der Waals surface area contributed by atoms with Crippen molar-refractivity contribution in [3.63, 3.8) is 0 Å². The largest absolute Gasteiger partial charge is 0.457 e. The zero-order valence-corrected chi connectivity index (χ0v) is 19.2. The summed E-state index contributed by atoms with van der Waals surface area (Å²) in [6.45, 7) is 0. The molecular weight excluding hydrogens is 500 g/mol. The van der Waals surface area contributed by atoms with Crippen LogP contribution in [-0.4, -0.2) is 26.6 Å². The van der Waals surface area contributed by atoms with Crippen molar-refractivity contribution in [1.29, 1.82) is 0 Å². The van der Waals surface area contributed by atoms with Crippen LogP contribution in [0.15, 0.2) is 98.1 Å². The van der Waals surface area contributed by atoms with E-state index in [1.165, 1.54) is 79.3 Å². The van der Waals surface area contributed by atoms with Gasteiger partial charge in [-0.05, 0) is 60.7 Å². The second-order valence-corrected chi connectivity index (χ2v) is 8.84. The van der Waals surface area contributed by atoms with E-state index in [2.05, 4.69) is 9.93 Å². The third-order valence-corrected chi connectivity index (χ3v) is 5.83. The van der Waals surface area contributed by atoms with Gasteiger partial charge < -0.3 is 18.3 Å². The number of furan rings is 2. The Morgan fingerprint density at radius 2 is 1.51 bits per heavy atom. The molecule has 35 heavy (non-hydrogen) atoms. The molecular formula is C23H15ClN2O8S. The average Bonchev–Trinajstić information content (AvgIpc) is 3.55. The van der Waals surface area contributed by atoms with Gasteiger partial charge in [-0.1, -0.05) is 11.6 Å². The first kappa shape index (κ1) is 23.8. The van der Waals surface area contributed by atoms with Crippen molar-refractivity contribution >= 4 is 39.8 Å². The van der Waals surface area contributed by atoms with Gasteiger partial charge in [0.15, 0.2) is 0 Å². The Kier molecular flexibility index (Phi) is 6.99. The number of carbonyl (C=O) groups excluding carboxylic acids is 2. The molecule has 0 spiro atoms. The first-order chi connectivity index (χ1) is 16.8. The monoisotopic (exact) mass is 514 g/mol. The second-order valence-electron chi connectivity index (χ2n) is 6.74. The van der Waals surface area contributed by atoms with E-state index in [0.717, 1.165) is 6.21 Å². The molecule has 2 aromatic carbocycles. The molecule has 0 saturated carbocycles. The summed E-state index contributed by atoms with van der Waals surface area (Å²) in [6, 6.07) is 15.4. The maximum atomic E-state index is 12.4. The molecule has 0 radical (unpaired) electrons. The third kappa shape index (κ3) is 5.96. The summed E-state index contributed by atoms with van der Waals surface area (Å²) in [5, 5.41) is 4.12. The first-order valence-corrected chi connectivity index (χ1v) is 11.6. The molecule has 12 heteroatoms. The van der Waals surface area contributed by atoms with Crippen LogP contribution >= 0.6 is 11.6 Å². The highest BCUT2D eigenvalue weighted by molar-refractivity contribution is 7.89. The lowest BCUT2D eigenvalue weighted by Crippen LogP contribution is -2.18. The summed E-state index contributed by atoms with van der Waals surface area (Å²) < 4.78 is 45.4. The molecule has 178 valence electrons. The van der Waals surface area contributed by atoms with Gasteiger partial charge >= 0.3 is 11.9 Å². The Morgan fingerprint density at radius 1 is 0.886 bits per heavy atom. The molecule has 0 amide bonds. The van der Waals surface area contributed by atoms with Crippen molar-refractivity contribution in [2.24, 2.45) is 5.10 Å². The van der Waals surface area contributed by atoms with Gasteiger partial charge in [0.25, 0.3) is 10.0 Å². The number of benzene rings is 2. The number of nitrogens with zero attached hydrogens (tertiary/aromatic N) is 1. The number of carbonyl (C=O) groups is 2. The molecule has 0 atom stereocenters. The van der Waals surface area contributed by atoms with Gasteiger partial charge in [-0.15, -0.1) is 0 Å². The highest BCUT2D eigenvalue weighted by atomic mass is 35.5. The number of esters is 2. The third-order valence-electron chi connectivity index (χ3n) is 4.34. The molecule has 0 aliphatic heterocycles. The summed E-state index contributed by atoms with van der Waals surface area (Å²) >= 11 is 5.79. The lowest BCUT2D eigenvalue weighted by atomic mass is 10.2. The molecule has 1 N–H and O–H groups in total. The Hall–Kier alpha value is -4.35. The van der Waals surface area contributed by atoms with Crippen molar-refractivity contribution in [1.82, 2.24) is 4.83 Å². The van der Waals surface area contributed by atoms with Crippen molar-refractivity contribution in [3.05, 3.63) is 101 Å². The van der Waals surface area contributed by atoms with E-state index >= 15 is 0 Å². The number of hydrogen-bond acceptors (Lipinski definition) is 9. The minimum absolute atomic E-state index is 0.0265. The minimum Gasteiger partial charge on any atom is -0.457 e. The van der Waals surface area contributed by atoms with Crippen LogP contribution in [0.5, 0.6) is 11.5 Å². The quantitative estimate of drug-likeness (QED) is 0.159. The number of sulfonamides is 1. The maximum absolute atomic E-state index is 12.4. The summed E-state index contributed by atoms with van der Waals surface area (Å²) in [7, 11) is -3.98. The standard InChI is InChI=1S/C23H15ClN2O8S/c24-16-6-9-18(10-7-16)35(29,30)26-25-14-15-5-8-17(33-22(27)19-3-1-11-31-19)13-21(15)34-23(28)20-4-2-12-32-20/h1-14,26H. The van der Waals surface area contributed by atoms with Crippen LogP contribution in [0.3, 0.4) is 0 Å². The zero-order chi connectivity index (χ0) is 24.8. The molecule has 2 aromatic heterocycles. The number of hydrazone groups is 1. The minimum atomic E-state index is -3.98. The lowest BCUT2D eigenvalue weighted by Gasteiger charge is -2.09. The highest BCUT2D eigenvalue weighted by Crippen LogP contribution is 2.26. The Morgan fingerprint density at radius 3 is 2.11 bits per heavy atom. The maximum Gasteiger partial charge on any atom is 0.379 e. The van der Waals surface area contributed by atoms with Crippen LogP contribution in [0.2, 0.25) is 5.02 Å². The second kappa shape index (κ2) is 10.3. The topological polar surface area (TPSA) is 137 Å². The molecule has 4 rings (SSSR count). The molecule has 0 aliphatic carbocycles. The van der Waals surface area contributed by atoms with Gasteiger partial charge in [0.1, 0.15) is 11.5 Å². The number of ether oxygens (including phenoxy) is 2. The average molecular weight is 515 g/mol. The van der Waals surface area contributed by atoms with E-state index in [1.54, 1.807) is 0 Å². The summed E-state index contributed by atoms with van der Waals surface area (Å²) in [5.41, 5.74) is 0.196. The van der Waals surface area contributed by atoms with Crippen LogP contribution in [0, 0.1) is 0 Å². The van der Waals surface area contributed by atoms with E-state index in [1.807, 2.05) is 0 Å². The molecule has 0 aliphatic rings. The zero-order valence-electron chi connectivity index (χ0n) is 17.6. The van der Waals surface area contributed by atoms with E-state index in [4.69, 9.17) is 29.9 Å². The summed E-state index contributed by atoms with van der Waals surface area (Å²) in [4.78, 5) is 26.6. The van der Waals surface area contributed by atoms with Crippen molar-refractivity contribution in [3.8, 4) is 11.5 Å². The highest BCUT2D eigenvalue weighted by Gasteiger charge is 2.18. The predicted molar refractivity (Wildman–Crippen MR) is 123 cm³/mol. The fourth-order valence-corrected chi connectivity index (χ4v) is 3.62. The van der Waals surface area contributed by atoms with Gasteiger partial charge in [-0.25, -0.2) is 14.4 Å². The number of rotatable bonds is 8. The number of halogens is 1. The number of nitrogens with one attached hydrogen (secondary N) is 1. The van der Waals surface area contributed by atoms with Gasteiger partial charge in [0, 0.05) is 16.7 Å². The van der Waals surface area contributed by atoms with Crippen LogP contribution in [0.1, 0.15) is 26.7 Å². The Balaban J connectivity index is 1.57. The molecule has 0 bridgehead atoms. The lowest BCUT2D eigenvalue weighted by molar-refractivity contribution is 0.0698. The van der Waals surface area contributed by atoms with Crippen LogP contribution in [0.25, 0.3) is 0 Å². The fraction of sp³-hybridized carbons (Fsp3) is 0. The van der Waals surface area contributed by atoms with Crippen molar-refractivity contribution < 1.29 is 36.3 Å². The Labute approximate surface area is 203 Å². The number of hydrogen-bond donors (Lipinski definition) is 1. The van der Waals surface area contributed by atoms with Gasteiger partial charge in [0.2, 0.25) is 11.5 Å². The van der Waals surface area contributed by atoms with E-state index in [9.17, 15) is 18.0 Å². The molecule has 0 fully saturated rings. The van der Waals surface area contributed by atoms with E-state index in [-0.39, 0.29) is 33.5 Å². The SMILES string of the molecule is O=C(Oc1ccc(C=NNS(=O)(=O)c2ccc(Cl)cc2)c(OC(=O)c2ccco2)c1)c1ccco1. The van der Waals surface area contributed by atoms with Crippen molar-refractivity contribution in [2.75, 3.05) is 0 Å². The first-order valence-electron chi connectivity index (χ1n) is 9.78. The van der Waals surface area contributed by atoms with Crippen LogP contribution in [0.4, 0.5) is 0 Å². The molecule has 4 aromatic rings. The van der Waals surface area contributed by atoms with E-state index in [0.29, 0.717) is 5.02 Å². The van der Waals surface area contributed by atoms with Crippen LogP contribution < -0.4 is 14.3 Å². The Bertz CT molecular complexity index is 1460. The summed E-state index contributed by atoms with van der Waals surface area (Å²) in [5.74, 6) is -1.75. The van der Waals surface area contributed by atoms with Gasteiger partial charge in [-0.3, -0.25) is 0 Å². The molecule has 0 saturated heterocycles. The smallest absolute Gasteiger partial charge is 0.379 e. The van der Waals surface area contributed by atoms with E-state index < -0.39 is 22.0 Å². The molecule has 10 nitrogen and oxygen atoms in total. The van der Waals surface area contributed by atoms with Gasteiger partial charge in [0.05, 0.1) is 23.6 Å². The summed E-state index contributed by atoms with van der Waals surface area (Å²) in [6.07, 6.45) is 3.74. The predicted octanol–water partition coefficient (Wildman–Crippen LogP) is 4.28. The normalized spacial score (nSPS) is 11.3. The fourth-order valence-electron chi connectivity index (χ4n) is 2.70. The van der Waals surface area contributed by atoms with Crippen LogP contribution in [-0.2, 0) is 10.0 Å². The van der Waals surface area contributed by atoms with Crippen molar-refractivity contribution in [2.45, 2.75) is 4.90 Å². The molecule has 2 heterocycles.